The lowest BCUT2D eigenvalue weighted by atomic mass is 9.95. The summed E-state index contributed by atoms with van der Waals surface area (Å²) in [5.41, 5.74) is 0.392. The molecule has 2 heteroatoms. The summed E-state index contributed by atoms with van der Waals surface area (Å²) in [6, 6.07) is 0. The predicted molar refractivity (Wildman–Crippen MR) is 69.1 cm³/mol. The lowest BCUT2D eigenvalue weighted by Gasteiger charge is -2.32. The second kappa shape index (κ2) is 6.84. The molecule has 0 saturated heterocycles. The molecule has 0 aliphatic heterocycles. The molecule has 0 aromatic heterocycles. The summed E-state index contributed by atoms with van der Waals surface area (Å²) in [6.07, 6.45) is 1.28. The van der Waals surface area contributed by atoms with Crippen molar-refractivity contribution in [2.75, 3.05) is 25.0 Å². The van der Waals surface area contributed by atoms with Gasteiger partial charge in [0.1, 0.15) is 0 Å². The van der Waals surface area contributed by atoms with E-state index in [1.54, 1.807) is 0 Å². The van der Waals surface area contributed by atoms with Crippen LogP contribution in [0.25, 0.3) is 0 Å². The van der Waals surface area contributed by atoms with E-state index in [1.165, 1.54) is 26.1 Å². The van der Waals surface area contributed by atoms with Crippen LogP contribution in [0.15, 0.2) is 0 Å². The van der Waals surface area contributed by atoms with Crippen molar-refractivity contribution in [1.82, 2.24) is 4.90 Å². The maximum Gasteiger partial charge on any atom is 0.00949 e. The summed E-state index contributed by atoms with van der Waals surface area (Å²) in [6.45, 7) is 15.1. The Hall–Kier alpha value is 0.440. The fourth-order valence-corrected chi connectivity index (χ4v) is 1.70. The van der Waals surface area contributed by atoms with Crippen LogP contribution in [0.3, 0.4) is 0 Å². The highest BCUT2D eigenvalue weighted by Gasteiger charge is 2.20. The van der Waals surface area contributed by atoms with Crippen LogP contribution in [0.5, 0.6) is 0 Å². The second-order valence-electron chi connectivity index (χ2n) is 5.14. The molecule has 1 unspecified atom stereocenters. The van der Waals surface area contributed by atoms with Crippen LogP contribution in [0.1, 0.15) is 41.0 Å². The van der Waals surface area contributed by atoms with Crippen molar-refractivity contribution in [3.63, 3.8) is 0 Å². The van der Waals surface area contributed by atoms with Gasteiger partial charge in [-0.1, -0.05) is 57.0 Å². The Morgan fingerprint density at radius 3 is 2.21 bits per heavy atom. The molecule has 1 atom stereocenters. The standard InChI is InChI=1S/C12H26BrN/c1-6-11(3)8-14(7-2)10-12(4,5)9-13/h11H,6-10H2,1-5H3. The molecule has 1 nitrogen and oxygen atoms in total. The molecule has 0 N–H and O–H groups in total. The third-order valence-electron chi connectivity index (χ3n) is 2.73. The summed E-state index contributed by atoms with van der Waals surface area (Å²) in [7, 11) is 0. The Morgan fingerprint density at radius 1 is 1.29 bits per heavy atom. The minimum atomic E-state index is 0.392. The minimum Gasteiger partial charge on any atom is -0.303 e. The first kappa shape index (κ1) is 14.4. The predicted octanol–water partition coefficient (Wildman–Crippen LogP) is 3.78. The van der Waals surface area contributed by atoms with Gasteiger partial charge in [0.05, 0.1) is 0 Å². The molecular weight excluding hydrogens is 238 g/mol. The fraction of sp³-hybridized carbons (Fsp3) is 1.00. The molecule has 0 aliphatic carbocycles. The molecule has 0 spiro atoms. The Morgan fingerprint density at radius 2 is 1.86 bits per heavy atom. The Labute approximate surface area is 98.4 Å². The molecule has 0 aliphatic rings. The van der Waals surface area contributed by atoms with E-state index < -0.39 is 0 Å². The van der Waals surface area contributed by atoms with Gasteiger partial charge in [0, 0.05) is 18.4 Å². The van der Waals surface area contributed by atoms with Crippen molar-refractivity contribution in [3.05, 3.63) is 0 Å². The van der Waals surface area contributed by atoms with Gasteiger partial charge in [-0.3, -0.25) is 0 Å². The van der Waals surface area contributed by atoms with E-state index in [0.29, 0.717) is 5.41 Å². The lowest BCUT2D eigenvalue weighted by Crippen LogP contribution is -2.37. The van der Waals surface area contributed by atoms with Gasteiger partial charge in [-0.15, -0.1) is 0 Å². The third-order valence-corrected chi connectivity index (χ3v) is 4.25. The van der Waals surface area contributed by atoms with Crippen LogP contribution in [0, 0.1) is 11.3 Å². The first-order valence-electron chi connectivity index (χ1n) is 5.73. The number of hydrogen-bond acceptors (Lipinski definition) is 1. The zero-order valence-electron chi connectivity index (χ0n) is 10.4. The molecule has 0 aromatic carbocycles. The van der Waals surface area contributed by atoms with Crippen molar-refractivity contribution in [1.29, 1.82) is 0 Å². The summed E-state index contributed by atoms with van der Waals surface area (Å²) >= 11 is 3.59. The molecule has 0 rings (SSSR count). The molecular formula is C12H26BrN. The molecule has 0 heterocycles. The van der Waals surface area contributed by atoms with E-state index >= 15 is 0 Å². The van der Waals surface area contributed by atoms with E-state index in [0.717, 1.165) is 11.2 Å². The summed E-state index contributed by atoms with van der Waals surface area (Å²) in [5, 5.41) is 1.08. The largest absolute Gasteiger partial charge is 0.303 e. The van der Waals surface area contributed by atoms with Crippen LogP contribution in [0.4, 0.5) is 0 Å². The van der Waals surface area contributed by atoms with Crippen molar-refractivity contribution in [2.45, 2.75) is 41.0 Å². The molecule has 86 valence electrons. The van der Waals surface area contributed by atoms with Crippen molar-refractivity contribution in [2.24, 2.45) is 11.3 Å². The monoisotopic (exact) mass is 263 g/mol. The van der Waals surface area contributed by atoms with Gasteiger partial charge < -0.3 is 4.90 Å². The number of alkyl halides is 1. The van der Waals surface area contributed by atoms with Crippen molar-refractivity contribution >= 4 is 15.9 Å². The normalized spacial score (nSPS) is 14.8. The first-order chi connectivity index (χ1) is 6.45. The van der Waals surface area contributed by atoms with Crippen LogP contribution in [-0.2, 0) is 0 Å². The van der Waals surface area contributed by atoms with E-state index in [2.05, 4.69) is 55.4 Å². The first-order valence-corrected chi connectivity index (χ1v) is 6.85. The molecule has 14 heavy (non-hydrogen) atoms. The van der Waals surface area contributed by atoms with Crippen molar-refractivity contribution in [3.8, 4) is 0 Å². The number of hydrogen-bond donors (Lipinski definition) is 0. The van der Waals surface area contributed by atoms with Gasteiger partial charge >= 0.3 is 0 Å². The molecule has 0 bridgehead atoms. The second-order valence-corrected chi connectivity index (χ2v) is 5.70. The summed E-state index contributed by atoms with van der Waals surface area (Å²) in [4.78, 5) is 2.56. The number of nitrogens with zero attached hydrogens (tertiary/aromatic N) is 1. The highest BCUT2D eigenvalue weighted by Crippen LogP contribution is 2.20. The SMILES string of the molecule is CCC(C)CN(CC)CC(C)(C)CBr. The average Bonchev–Trinajstić information content (AvgIpc) is 2.16. The topological polar surface area (TPSA) is 3.24 Å². The Bertz CT molecular complexity index is 145. The number of halogens is 1. The van der Waals surface area contributed by atoms with Gasteiger partial charge in [0.2, 0.25) is 0 Å². The maximum atomic E-state index is 3.59. The zero-order chi connectivity index (χ0) is 11.2. The van der Waals surface area contributed by atoms with Gasteiger partial charge in [0.15, 0.2) is 0 Å². The molecule has 0 radical (unpaired) electrons. The molecule has 0 aromatic rings. The quantitative estimate of drug-likeness (QED) is 0.633. The summed E-state index contributed by atoms with van der Waals surface area (Å²) in [5.74, 6) is 0.820. The smallest absolute Gasteiger partial charge is 0.00949 e. The Balaban J connectivity index is 4.02. The van der Waals surface area contributed by atoms with Crippen molar-refractivity contribution < 1.29 is 0 Å². The van der Waals surface area contributed by atoms with E-state index in [-0.39, 0.29) is 0 Å². The fourth-order valence-electron chi connectivity index (χ4n) is 1.52. The zero-order valence-corrected chi connectivity index (χ0v) is 12.0. The molecule has 0 saturated carbocycles. The van der Waals surface area contributed by atoms with Gasteiger partial charge in [-0.05, 0) is 17.9 Å². The highest BCUT2D eigenvalue weighted by atomic mass is 79.9. The third kappa shape index (κ3) is 6.02. The minimum absolute atomic E-state index is 0.392. The van der Waals surface area contributed by atoms with E-state index in [9.17, 15) is 0 Å². The van der Waals surface area contributed by atoms with Gasteiger partial charge in [-0.25, -0.2) is 0 Å². The van der Waals surface area contributed by atoms with E-state index in [1.807, 2.05) is 0 Å². The summed E-state index contributed by atoms with van der Waals surface area (Å²) < 4.78 is 0. The van der Waals surface area contributed by atoms with E-state index in [4.69, 9.17) is 0 Å². The van der Waals surface area contributed by atoms with Crippen LogP contribution in [-0.4, -0.2) is 29.9 Å². The average molecular weight is 264 g/mol. The Kier molecular flexibility index (Phi) is 7.05. The van der Waals surface area contributed by atoms with Crippen LogP contribution < -0.4 is 0 Å². The highest BCUT2D eigenvalue weighted by molar-refractivity contribution is 9.09. The van der Waals surface area contributed by atoms with Crippen LogP contribution in [0.2, 0.25) is 0 Å². The number of rotatable bonds is 7. The van der Waals surface area contributed by atoms with Gasteiger partial charge in [0.25, 0.3) is 0 Å². The van der Waals surface area contributed by atoms with Gasteiger partial charge in [-0.2, -0.15) is 0 Å². The van der Waals surface area contributed by atoms with Crippen LogP contribution >= 0.6 is 15.9 Å². The lowest BCUT2D eigenvalue weighted by molar-refractivity contribution is 0.180. The maximum absolute atomic E-state index is 3.59. The molecule has 0 fully saturated rings. The molecule has 0 amide bonds.